The summed E-state index contributed by atoms with van der Waals surface area (Å²) in [4.78, 5) is 14.5. The number of nitrogens with one attached hydrogen (secondary N) is 1. The van der Waals surface area contributed by atoms with Gasteiger partial charge in [-0.1, -0.05) is 18.2 Å². The van der Waals surface area contributed by atoms with Crippen LogP contribution in [0.15, 0.2) is 42.5 Å². The van der Waals surface area contributed by atoms with E-state index in [2.05, 4.69) is 22.3 Å². The number of hydrogen-bond donors (Lipinski definition) is 1. The lowest BCUT2D eigenvalue weighted by Crippen LogP contribution is -2.40. The van der Waals surface area contributed by atoms with E-state index in [9.17, 15) is 9.18 Å². The van der Waals surface area contributed by atoms with Gasteiger partial charge in [0.15, 0.2) is 0 Å². The maximum atomic E-state index is 13.0. The second kappa shape index (κ2) is 8.32. The number of benzene rings is 2. The molecular weight excluding hydrogens is 331 g/mol. The zero-order chi connectivity index (χ0) is 18.5. The van der Waals surface area contributed by atoms with Gasteiger partial charge in [-0.2, -0.15) is 0 Å². The zero-order valence-corrected chi connectivity index (χ0v) is 15.3. The van der Waals surface area contributed by atoms with E-state index in [1.807, 2.05) is 19.9 Å². The van der Waals surface area contributed by atoms with Crippen LogP contribution in [0.1, 0.15) is 36.6 Å². The molecule has 2 aromatic rings. The molecule has 0 aromatic heterocycles. The monoisotopic (exact) mass is 356 g/mol. The average Bonchev–Trinajstić information content (AvgIpc) is 2.62. The normalized spacial score (nSPS) is 15.2. The van der Waals surface area contributed by atoms with E-state index in [0.29, 0.717) is 13.2 Å². The van der Waals surface area contributed by atoms with Crippen LogP contribution in [0.25, 0.3) is 0 Å². The molecule has 3 rings (SSSR count). The van der Waals surface area contributed by atoms with E-state index in [4.69, 9.17) is 4.74 Å². The Morgan fingerprint density at radius 1 is 1.23 bits per heavy atom. The van der Waals surface area contributed by atoms with Gasteiger partial charge in [0.05, 0.1) is 19.2 Å². The van der Waals surface area contributed by atoms with Crippen molar-refractivity contribution in [3.63, 3.8) is 0 Å². The third-order valence-electron chi connectivity index (χ3n) is 4.69. The highest BCUT2D eigenvalue weighted by Gasteiger charge is 2.20. The van der Waals surface area contributed by atoms with Gasteiger partial charge >= 0.3 is 0 Å². The Balaban J connectivity index is 1.56. The number of carbonyl (C=O) groups excluding carboxylic acids is 1. The highest BCUT2D eigenvalue weighted by Crippen LogP contribution is 2.24. The molecule has 2 aromatic carbocycles. The molecule has 0 fully saturated rings. The van der Waals surface area contributed by atoms with E-state index in [1.54, 1.807) is 12.1 Å². The van der Waals surface area contributed by atoms with E-state index in [1.165, 1.54) is 23.3 Å². The Morgan fingerprint density at radius 3 is 2.73 bits per heavy atom. The SMILES string of the molecule is CCOc1ccc2c(c1)CN(CC(=O)NC(C)c1ccc(F)cc1)CC2. The Labute approximate surface area is 154 Å². The van der Waals surface area contributed by atoms with E-state index in [0.717, 1.165) is 30.8 Å². The molecule has 0 saturated heterocycles. The summed E-state index contributed by atoms with van der Waals surface area (Å²) < 4.78 is 18.6. The summed E-state index contributed by atoms with van der Waals surface area (Å²) in [5.74, 6) is 0.583. The number of amides is 1. The Morgan fingerprint density at radius 2 is 2.00 bits per heavy atom. The predicted octanol–water partition coefficient (Wildman–Crippen LogP) is 3.46. The van der Waals surface area contributed by atoms with Crippen molar-refractivity contribution in [3.8, 4) is 5.75 Å². The van der Waals surface area contributed by atoms with Gasteiger partial charge in [-0.3, -0.25) is 9.69 Å². The fraction of sp³-hybridized carbons (Fsp3) is 0.381. The molecule has 4 nitrogen and oxygen atoms in total. The minimum absolute atomic E-state index is 0.0220. The lowest BCUT2D eigenvalue weighted by atomic mass is 9.99. The van der Waals surface area contributed by atoms with Crippen LogP contribution in [0, 0.1) is 5.82 Å². The van der Waals surface area contributed by atoms with Crippen LogP contribution in [0.4, 0.5) is 4.39 Å². The number of fused-ring (bicyclic) bond motifs is 1. The van der Waals surface area contributed by atoms with Crippen LogP contribution in [0.3, 0.4) is 0 Å². The van der Waals surface area contributed by atoms with Crippen molar-refractivity contribution in [2.75, 3.05) is 19.7 Å². The molecule has 1 N–H and O–H groups in total. The fourth-order valence-electron chi connectivity index (χ4n) is 3.31. The van der Waals surface area contributed by atoms with Gasteiger partial charge in [-0.05, 0) is 61.2 Å². The number of nitrogens with zero attached hydrogens (tertiary/aromatic N) is 1. The Kier molecular flexibility index (Phi) is 5.89. The molecule has 1 aliphatic heterocycles. The first-order chi connectivity index (χ1) is 12.5. The van der Waals surface area contributed by atoms with Crippen molar-refractivity contribution in [2.45, 2.75) is 32.9 Å². The average molecular weight is 356 g/mol. The molecule has 0 aliphatic carbocycles. The summed E-state index contributed by atoms with van der Waals surface area (Å²) in [6.45, 7) is 6.48. The summed E-state index contributed by atoms with van der Waals surface area (Å²) in [6.07, 6.45) is 0.933. The van der Waals surface area contributed by atoms with E-state index >= 15 is 0 Å². The lowest BCUT2D eigenvalue weighted by molar-refractivity contribution is -0.123. The minimum atomic E-state index is -0.273. The van der Waals surface area contributed by atoms with Crippen LogP contribution in [0.2, 0.25) is 0 Å². The lowest BCUT2D eigenvalue weighted by Gasteiger charge is -2.29. The molecule has 1 atom stereocenters. The molecule has 138 valence electrons. The minimum Gasteiger partial charge on any atom is -0.494 e. The van der Waals surface area contributed by atoms with Crippen LogP contribution in [-0.4, -0.2) is 30.5 Å². The van der Waals surface area contributed by atoms with Crippen molar-refractivity contribution in [1.82, 2.24) is 10.2 Å². The van der Waals surface area contributed by atoms with Crippen molar-refractivity contribution < 1.29 is 13.9 Å². The largest absolute Gasteiger partial charge is 0.494 e. The third kappa shape index (κ3) is 4.61. The zero-order valence-electron chi connectivity index (χ0n) is 15.3. The number of carbonyl (C=O) groups is 1. The maximum Gasteiger partial charge on any atom is 0.234 e. The third-order valence-corrected chi connectivity index (χ3v) is 4.69. The predicted molar refractivity (Wildman–Crippen MR) is 99.5 cm³/mol. The Hall–Kier alpha value is -2.40. The maximum absolute atomic E-state index is 13.0. The van der Waals surface area contributed by atoms with Crippen molar-refractivity contribution >= 4 is 5.91 Å². The summed E-state index contributed by atoms with van der Waals surface area (Å²) in [5, 5.41) is 2.99. The summed E-state index contributed by atoms with van der Waals surface area (Å²) in [7, 11) is 0. The van der Waals surface area contributed by atoms with E-state index < -0.39 is 0 Å². The van der Waals surface area contributed by atoms with Gasteiger partial charge in [0, 0.05) is 13.1 Å². The number of ether oxygens (including phenoxy) is 1. The topological polar surface area (TPSA) is 41.6 Å². The molecule has 0 spiro atoms. The molecule has 0 saturated carbocycles. The van der Waals surface area contributed by atoms with Gasteiger partial charge in [0.1, 0.15) is 11.6 Å². The smallest absolute Gasteiger partial charge is 0.234 e. The second-order valence-corrected chi connectivity index (χ2v) is 6.66. The van der Waals surface area contributed by atoms with Crippen molar-refractivity contribution in [3.05, 3.63) is 65.0 Å². The molecule has 1 unspecified atom stereocenters. The molecule has 26 heavy (non-hydrogen) atoms. The molecule has 1 heterocycles. The van der Waals surface area contributed by atoms with Gasteiger partial charge < -0.3 is 10.1 Å². The number of rotatable bonds is 6. The van der Waals surface area contributed by atoms with Crippen LogP contribution >= 0.6 is 0 Å². The van der Waals surface area contributed by atoms with Crippen LogP contribution < -0.4 is 10.1 Å². The van der Waals surface area contributed by atoms with Gasteiger partial charge in [0.25, 0.3) is 0 Å². The van der Waals surface area contributed by atoms with Crippen molar-refractivity contribution in [1.29, 1.82) is 0 Å². The van der Waals surface area contributed by atoms with Gasteiger partial charge in [-0.15, -0.1) is 0 Å². The summed E-state index contributed by atoms with van der Waals surface area (Å²) in [5.41, 5.74) is 3.44. The molecule has 5 heteroatoms. The first-order valence-corrected chi connectivity index (χ1v) is 9.07. The molecule has 1 aliphatic rings. The molecular formula is C21H25FN2O2. The van der Waals surface area contributed by atoms with Crippen molar-refractivity contribution in [2.24, 2.45) is 0 Å². The summed E-state index contributed by atoms with van der Waals surface area (Å²) in [6, 6.07) is 12.3. The number of hydrogen-bond acceptors (Lipinski definition) is 3. The fourth-order valence-corrected chi connectivity index (χ4v) is 3.31. The molecule has 0 radical (unpaired) electrons. The van der Waals surface area contributed by atoms with Crippen LogP contribution in [0.5, 0.6) is 5.75 Å². The quantitative estimate of drug-likeness (QED) is 0.862. The highest BCUT2D eigenvalue weighted by atomic mass is 19.1. The Bertz CT molecular complexity index is 761. The molecule has 0 bridgehead atoms. The first-order valence-electron chi connectivity index (χ1n) is 9.07. The van der Waals surface area contributed by atoms with Gasteiger partial charge in [0.2, 0.25) is 5.91 Å². The van der Waals surface area contributed by atoms with Gasteiger partial charge in [-0.25, -0.2) is 4.39 Å². The highest BCUT2D eigenvalue weighted by molar-refractivity contribution is 5.78. The molecule has 1 amide bonds. The summed E-state index contributed by atoms with van der Waals surface area (Å²) >= 11 is 0. The first kappa shape index (κ1) is 18.4. The van der Waals surface area contributed by atoms with E-state index in [-0.39, 0.29) is 17.8 Å². The number of halogens is 1. The van der Waals surface area contributed by atoms with Crippen LogP contribution in [-0.2, 0) is 17.8 Å². The standard InChI is InChI=1S/C21H25FN2O2/c1-3-26-20-9-6-17-10-11-24(13-18(17)12-20)14-21(25)23-15(2)16-4-7-19(22)8-5-16/h4-9,12,15H,3,10-11,13-14H2,1-2H3,(H,23,25). The second-order valence-electron chi connectivity index (χ2n) is 6.66.